The van der Waals surface area contributed by atoms with Crippen LogP contribution >= 0.6 is 0 Å². The molecule has 9 nitrogen and oxygen atoms in total. The summed E-state index contributed by atoms with van der Waals surface area (Å²) in [6.45, 7) is -1.40. The predicted molar refractivity (Wildman–Crippen MR) is 109 cm³/mol. The van der Waals surface area contributed by atoms with Crippen LogP contribution in [0.25, 0.3) is 6.08 Å². The standard InChI is InChI=1S/C20H20N2O7S/c1-28-17-9-7-16(8-10-17)20(25)22-18(23)14-29-19(24)13-21-30(26,27)12-11-15-5-3-2-4-6-15/h2-12,21H,13-14H2,1H3,(H,22,23,25). The van der Waals surface area contributed by atoms with E-state index in [-0.39, 0.29) is 5.56 Å². The maximum Gasteiger partial charge on any atom is 0.321 e. The third-order valence-corrected chi connectivity index (χ3v) is 4.67. The van der Waals surface area contributed by atoms with Gasteiger partial charge in [-0.3, -0.25) is 19.7 Å². The highest BCUT2D eigenvalue weighted by atomic mass is 32.2. The van der Waals surface area contributed by atoms with E-state index in [1.807, 2.05) is 4.72 Å². The van der Waals surface area contributed by atoms with Crippen LogP contribution in [0.3, 0.4) is 0 Å². The summed E-state index contributed by atoms with van der Waals surface area (Å²) in [5, 5.41) is 2.97. The molecule has 2 rings (SSSR count). The molecule has 2 aromatic rings. The zero-order valence-corrected chi connectivity index (χ0v) is 16.8. The van der Waals surface area contributed by atoms with Crippen LogP contribution in [0, 0.1) is 0 Å². The van der Waals surface area contributed by atoms with Crippen LogP contribution < -0.4 is 14.8 Å². The van der Waals surface area contributed by atoms with Crippen molar-refractivity contribution in [2.75, 3.05) is 20.3 Å². The summed E-state index contributed by atoms with van der Waals surface area (Å²) in [6, 6.07) is 14.8. The Morgan fingerprint density at radius 2 is 1.67 bits per heavy atom. The molecule has 2 aromatic carbocycles. The van der Waals surface area contributed by atoms with Crippen molar-refractivity contribution in [2.45, 2.75) is 0 Å². The highest BCUT2D eigenvalue weighted by molar-refractivity contribution is 7.92. The van der Waals surface area contributed by atoms with Gasteiger partial charge in [-0.1, -0.05) is 30.3 Å². The predicted octanol–water partition coefficient (Wildman–Crippen LogP) is 1.09. The third-order valence-electron chi connectivity index (χ3n) is 3.63. The Morgan fingerprint density at radius 3 is 2.30 bits per heavy atom. The molecule has 0 atom stereocenters. The molecule has 0 spiro atoms. The fourth-order valence-corrected chi connectivity index (χ4v) is 2.87. The smallest absolute Gasteiger partial charge is 0.321 e. The fourth-order valence-electron chi connectivity index (χ4n) is 2.11. The van der Waals surface area contributed by atoms with Gasteiger partial charge in [0.1, 0.15) is 12.3 Å². The largest absolute Gasteiger partial charge is 0.497 e. The summed E-state index contributed by atoms with van der Waals surface area (Å²) in [7, 11) is -2.39. The summed E-state index contributed by atoms with van der Waals surface area (Å²) < 4.78 is 35.4. The number of esters is 1. The molecule has 0 unspecified atom stereocenters. The SMILES string of the molecule is COc1ccc(C(=O)NC(=O)COC(=O)CNS(=O)(=O)C=Cc2ccccc2)cc1. The van der Waals surface area contributed by atoms with Crippen molar-refractivity contribution in [3.8, 4) is 5.75 Å². The highest BCUT2D eigenvalue weighted by Crippen LogP contribution is 2.11. The number of benzene rings is 2. The lowest BCUT2D eigenvalue weighted by atomic mass is 10.2. The van der Waals surface area contributed by atoms with Crippen LogP contribution in [0.4, 0.5) is 0 Å². The van der Waals surface area contributed by atoms with Crippen molar-refractivity contribution in [3.05, 3.63) is 71.1 Å². The van der Waals surface area contributed by atoms with E-state index in [9.17, 15) is 22.8 Å². The lowest BCUT2D eigenvalue weighted by Gasteiger charge is -2.07. The van der Waals surface area contributed by atoms with Crippen molar-refractivity contribution >= 4 is 33.9 Å². The van der Waals surface area contributed by atoms with E-state index in [0.717, 1.165) is 5.41 Å². The maximum atomic E-state index is 11.9. The monoisotopic (exact) mass is 432 g/mol. The molecule has 2 N–H and O–H groups in total. The molecule has 0 saturated carbocycles. The van der Waals surface area contributed by atoms with E-state index in [4.69, 9.17) is 4.74 Å². The van der Waals surface area contributed by atoms with Gasteiger partial charge in [-0.25, -0.2) is 13.1 Å². The van der Waals surface area contributed by atoms with Crippen molar-refractivity contribution < 1.29 is 32.3 Å². The number of nitrogens with one attached hydrogen (secondary N) is 2. The Hall–Kier alpha value is -3.50. The van der Waals surface area contributed by atoms with E-state index in [2.05, 4.69) is 10.1 Å². The Labute approximate surface area is 173 Å². The first kappa shape index (κ1) is 22.8. The molecule has 0 fully saturated rings. The van der Waals surface area contributed by atoms with Gasteiger partial charge in [0, 0.05) is 11.0 Å². The Morgan fingerprint density at radius 1 is 1.00 bits per heavy atom. The number of carbonyl (C=O) groups excluding carboxylic acids is 3. The number of ether oxygens (including phenoxy) is 2. The Bertz CT molecular complexity index is 1020. The first-order valence-electron chi connectivity index (χ1n) is 8.66. The topological polar surface area (TPSA) is 128 Å². The number of methoxy groups -OCH3 is 1. The molecule has 0 saturated heterocycles. The van der Waals surface area contributed by atoms with E-state index in [0.29, 0.717) is 11.3 Å². The average Bonchev–Trinajstić information content (AvgIpc) is 2.76. The minimum absolute atomic E-state index is 0.216. The summed E-state index contributed by atoms with van der Waals surface area (Å²) in [5.74, 6) is -1.95. The zero-order valence-electron chi connectivity index (χ0n) is 16.0. The van der Waals surface area contributed by atoms with E-state index >= 15 is 0 Å². The van der Waals surface area contributed by atoms with Gasteiger partial charge in [0.05, 0.1) is 7.11 Å². The molecule has 158 valence electrons. The summed E-state index contributed by atoms with van der Waals surface area (Å²) in [5.41, 5.74) is 0.886. The molecular weight excluding hydrogens is 412 g/mol. The Balaban J connectivity index is 1.74. The molecule has 2 amide bonds. The van der Waals surface area contributed by atoms with Gasteiger partial charge in [0.15, 0.2) is 6.61 Å². The van der Waals surface area contributed by atoms with Crippen LogP contribution in [0.2, 0.25) is 0 Å². The lowest BCUT2D eigenvalue weighted by molar-refractivity contribution is -0.147. The molecule has 0 heterocycles. The number of amides is 2. The lowest BCUT2D eigenvalue weighted by Crippen LogP contribution is -2.36. The summed E-state index contributed by atoms with van der Waals surface area (Å²) in [4.78, 5) is 35.3. The first-order valence-corrected chi connectivity index (χ1v) is 10.2. The van der Waals surface area contributed by atoms with Gasteiger partial charge in [-0.15, -0.1) is 0 Å². The third kappa shape index (κ3) is 7.86. The molecule has 0 aliphatic heterocycles. The van der Waals surface area contributed by atoms with Gasteiger partial charge >= 0.3 is 5.97 Å². The minimum atomic E-state index is -3.87. The number of hydrogen-bond acceptors (Lipinski definition) is 7. The Kier molecular flexibility index (Phi) is 8.27. The fraction of sp³-hybridized carbons (Fsp3) is 0.150. The molecule has 30 heavy (non-hydrogen) atoms. The average molecular weight is 432 g/mol. The van der Waals surface area contributed by atoms with Crippen LogP contribution in [0.1, 0.15) is 15.9 Å². The van der Waals surface area contributed by atoms with Crippen LogP contribution in [0.15, 0.2) is 60.0 Å². The van der Waals surface area contributed by atoms with Gasteiger partial charge < -0.3 is 9.47 Å². The van der Waals surface area contributed by atoms with E-state index in [1.165, 1.54) is 25.3 Å². The molecular formula is C20H20N2O7S. The van der Waals surface area contributed by atoms with E-state index in [1.54, 1.807) is 42.5 Å². The van der Waals surface area contributed by atoms with Crippen LogP contribution in [0.5, 0.6) is 5.75 Å². The first-order chi connectivity index (χ1) is 14.3. The summed E-state index contributed by atoms with van der Waals surface area (Å²) in [6.07, 6.45) is 1.37. The quantitative estimate of drug-likeness (QED) is 0.568. The second-order valence-corrected chi connectivity index (χ2v) is 7.50. The van der Waals surface area contributed by atoms with Crippen molar-refractivity contribution in [3.63, 3.8) is 0 Å². The number of hydrogen-bond donors (Lipinski definition) is 2. The molecule has 10 heteroatoms. The van der Waals surface area contributed by atoms with Crippen molar-refractivity contribution in [1.82, 2.24) is 10.0 Å². The number of sulfonamides is 1. The second-order valence-electron chi connectivity index (χ2n) is 5.85. The summed E-state index contributed by atoms with van der Waals surface area (Å²) >= 11 is 0. The highest BCUT2D eigenvalue weighted by Gasteiger charge is 2.14. The van der Waals surface area contributed by atoms with Gasteiger partial charge in [0.25, 0.3) is 11.8 Å². The molecule has 0 aliphatic carbocycles. The molecule has 0 radical (unpaired) electrons. The molecule has 0 bridgehead atoms. The van der Waals surface area contributed by atoms with Crippen LogP contribution in [-0.2, 0) is 24.3 Å². The number of imide groups is 1. The van der Waals surface area contributed by atoms with Crippen molar-refractivity contribution in [1.29, 1.82) is 0 Å². The van der Waals surface area contributed by atoms with Gasteiger partial charge in [0.2, 0.25) is 10.0 Å². The molecule has 0 aliphatic rings. The maximum absolute atomic E-state index is 11.9. The van der Waals surface area contributed by atoms with E-state index < -0.39 is 41.0 Å². The normalized spacial score (nSPS) is 11.1. The van der Waals surface area contributed by atoms with Crippen LogP contribution in [-0.4, -0.2) is 46.5 Å². The van der Waals surface area contributed by atoms with Gasteiger partial charge in [-0.2, -0.15) is 0 Å². The number of carbonyl (C=O) groups is 3. The minimum Gasteiger partial charge on any atom is -0.497 e. The molecule has 0 aromatic heterocycles. The second kappa shape index (κ2) is 10.9. The van der Waals surface area contributed by atoms with Crippen molar-refractivity contribution in [2.24, 2.45) is 0 Å². The zero-order chi connectivity index (χ0) is 22.0. The van der Waals surface area contributed by atoms with Gasteiger partial charge in [-0.05, 0) is 35.9 Å². The number of rotatable bonds is 9.